The maximum absolute atomic E-state index is 6.82. The molecule has 0 bridgehead atoms. The molecule has 0 fully saturated rings. The van der Waals surface area contributed by atoms with E-state index < -0.39 is 6.10 Å². The minimum absolute atomic E-state index is 0.255. The summed E-state index contributed by atoms with van der Waals surface area (Å²) in [5.74, 6) is 1.49. The number of aromatic amines is 1. The van der Waals surface area contributed by atoms with Gasteiger partial charge in [-0.15, -0.1) is 5.10 Å². The van der Waals surface area contributed by atoms with E-state index in [1.807, 2.05) is 19.1 Å². The smallest absolute Gasteiger partial charge is 0.237 e. The van der Waals surface area contributed by atoms with Gasteiger partial charge < -0.3 is 28.4 Å². The third-order valence-corrected chi connectivity index (χ3v) is 8.37. The molecule has 4 atom stereocenters. The number of aryl methyl sites for hydroxylation is 1. The number of H-pyrrole nitrogens is 1. The summed E-state index contributed by atoms with van der Waals surface area (Å²) < 4.78 is 38.7. The van der Waals surface area contributed by atoms with Gasteiger partial charge in [-0.25, -0.2) is 0 Å². The second kappa shape index (κ2) is 22.2. The molecule has 0 radical (unpaired) electrons. The van der Waals surface area contributed by atoms with E-state index in [4.69, 9.17) is 28.4 Å². The predicted octanol–water partition coefficient (Wildman–Crippen LogP) is 8.55. The SMILES string of the molecule is CCCCOCC1=C[C@@H](Oc2n[nH]c(C)c2Cc2ccc(OCCCC)cc2)[C@H](OCCCC)[C@@H](OCCCC)[C@@H]1OCCCC. The molecule has 3 rings (SSSR count). The maximum atomic E-state index is 6.82. The number of benzene rings is 1. The van der Waals surface area contributed by atoms with Crippen LogP contribution in [0.5, 0.6) is 11.6 Å². The van der Waals surface area contributed by atoms with Crippen molar-refractivity contribution in [2.45, 2.75) is 137 Å². The van der Waals surface area contributed by atoms with Gasteiger partial charge in [-0.3, -0.25) is 5.10 Å². The van der Waals surface area contributed by atoms with Gasteiger partial charge in [-0.2, -0.15) is 0 Å². The highest BCUT2D eigenvalue weighted by molar-refractivity contribution is 5.38. The first kappa shape index (κ1) is 38.1. The van der Waals surface area contributed by atoms with E-state index >= 15 is 0 Å². The summed E-state index contributed by atoms with van der Waals surface area (Å²) in [6.07, 6.45) is 11.9. The summed E-state index contributed by atoms with van der Waals surface area (Å²) in [5.41, 5.74) is 4.25. The Morgan fingerprint density at radius 3 is 1.93 bits per heavy atom. The molecule has 46 heavy (non-hydrogen) atoms. The van der Waals surface area contributed by atoms with Crippen LogP contribution >= 0.6 is 0 Å². The maximum Gasteiger partial charge on any atom is 0.237 e. The zero-order valence-electron chi connectivity index (χ0n) is 29.6. The van der Waals surface area contributed by atoms with E-state index in [1.54, 1.807) is 0 Å². The van der Waals surface area contributed by atoms with Crippen LogP contribution in [0.15, 0.2) is 35.9 Å². The number of unbranched alkanes of at least 4 members (excludes halogenated alkanes) is 5. The standard InChI is InChI=1S/C38H62N2O6/c1-7-12-21-41-28-31-27-34(36(44-24-15-10-4)37(45-25-16-11-5)35(31)43-23-14-9-3)46-38-33(29(6)39-40-38)26-30-17-19-32(20-18-30)42-22-13-8-2/h17-20,27,34-37H,7-16,21-26,28H2,1-6H3,(H,39,40)/t34-,35-,36+,37+/m1/s1. The number of ether oxygens (including phenoxy) is 6. The molecule has 8 nitrogen and oxygen atoms in total. The van der Waals surface area contributed by atoms with Crippen LogP contribution in [0.1, 0.15) is 116 Å². The highest BCUT2D eigenvalue weighted by Gasteiger charge is 2.44. The minimum atomic E-state index is -0.407. The van der Waals surface area contributed by atoms with Gasteiger partial charge in [-0.1, -0.05) is 78.9 Å². The van der Waals surface area contributed by atoms with Gasteiger partial charge in [0, 0.05) is 44.1 Å². The molecule has 1 N–H and O–H groups in total. The average molecular weight is 643 g/mol. The number of aromatic nitrogens is 2. The molecule has 260 valence electrons. The average Bonchev–Trinajstić information content (AvgIpc) is 3.40. The molecule has 1 heterocycles. The van der Waals surface area contributed by atoms with Gasteiger partial charge in [0.15, 0.2) is 0 Å². The second-order valence-corrected chi connectivity index (χ2v) is 12.4. The molecule has 8 heteroatoms. The lowest BCUT2D eigenvalue weighted by Gasteiger charge is -2.41. The van der Waals surface area contributed by atoms with Gasteiger partial charge in [0.05, 0.1) is 13.2 Å². The van der Waals surface area contributed by atoms with Crippen LogP contribution < -0.4 is 9.47 Å². The molecule has 0 saturated carbocycles. The summed E-state index contributed by atoms with van der Waals surface area (Å²) in [5, 5.41) is 7.81. The summed E-state index contributed by atoms with van der Waals surface area (Å²) in [4.78, 5) is 0. The summed E-state index contributed by atoms with van der Waals surface area (Å²) >= 11 is 0. The first-order chi connectivity index (χ1) is 22.6. The fourth-order valence-corrected chi connectivity index (χ4v) is 5.40. The Labute approximate surface area is 278 Å². The Kier molecular flexibility index (Phi) is 18.4. The van der Waals surface area contributed by atoms with Crippen LogP contribution in [-0.2, 0) is 25.4 Å². The Balaban J connectivity index is 1.92. The lowest BCUT2D eigenvalue weighted by molar-refractivity contribution is -0.159. The van der Waals surface area contributed by atoms with Crippen LogP contribution in [0.3, 0.4) is 0 Å². The molecule has 0 amide bonds. The normalized spacial score (nSPS) is 19.7. The zero-order chi connectivity index (χ0) is 33.0. The van der Waals surface area contributed by atoms with Crippen molar-refractivity contribution in [1.82, 2.24) is 10.2 Å². The topological polar surface area (TPSA) is 84.1 Å². The van der Waals surface area contributed by atoms with Crippen molar-refractivity contribution in [3.8, 4) is 11.6 Å². The van der Waals surface area contributed by atoms with Crippen LogP contribution in [-0.4, -0.2) is 74.3 Å². The molecule has 0 spiro atoms. The third-order valence-electron chi connectivity index (χ3n) is 8.37. The predicted molar refractivity (Wildman–Crippen MR) is 185 cm³/mol. The Hall–Kier alpha value is -2.39. The number of rotatable bonds is 25. The number of hydrogen-bond donors (Lipinski definition) is 1. The van der Waals surface area contributed by atoms with E-state index in [2.05, 4.69) is 63.0 Å². The number of nitrogens with one attached hydrogen (secondary N) is 1. The van der Waals surface area contributed by atoms with E-state index in [9.17, 15) is 0 Å². The molecule has 0 unspecified atom stereocenters. The molecule has 1 aliphatic carbocycles. The lowest BCUT2D eigenvalue weighted by atomic mass is 9.88. The van der Waals surface area contributed by atoms with Gasteiger partial charge in [0.2, 0.25) is 5.88 Å². The van der Waals surface area contributed by atoms with E-state index in [0.717, 1.165) is 93.4 Å². The first-order valence-corrected chi connectivity index (χ1v) is 18.1. The third kappa shape index (κ3) is 12.3. The van der Waals surface area contributed by atoms with Crippen molar-refractivity contribution in [3.63, 3.8) is 0 Å². The second-order valence-electron chi connectivity index (χ2n) is 12.4. The summed E-state index contributed by atoms with van der Waals surface area (Å²) in [6, 6.07) is 8.33. The minimum Gasteiger partial charge on any atom is -0.494 e. The van der Waals surface area contributed by atoms with Crippen LogP contribution in [0.4, 0.5) is 0 Å². The first-order valence-electron chi connectivity index (χ1n) is 18.1. The molecule has 1 aliphatic rings. The van der Waals surface area contributed by atoms with Gasteiger partial charge in [0.25, 0.3) is 0 Å². The van der Waals surface area contributed by atoms with Crippen molar-refractivity contribution >= 4 is 0 Å². The molecular formula is C38H62N2O6. The number of hydrogen-bond acceptors (Lipinski definition) is 7. The molecule has 2 aromatic rings. The van der Waals surface area contributed by atoms with E-state index in [0.29, 0.717) is 45.3 Å². The highest BCUT2D eigenvalue weighted by atomic mass is 16.6. The fraction of sp³-hybridized carbons (Fsp3) is 0.711. The summed E-state index contributed by atoms with van der Waals surface area (Å²) in [7, 11) is 0. The Morgan fingerprint density at radius 2 is 1.28 bits per heavy atom. The monoisotopic (exact) mass is 642 g/mol. The van der Waals surface area contributed by atoms with Gasteiger partial charge in [0.1, 0.15) is 30.2 Å². The van der Waals surface area contributed by atoms with Gasteiger partial charge >= 0.3 is 0 Å². The van der Waals surface area contributed by atoms with Crippen molar-refractivity contribution < 1.29 is 28.4 Å². The molecule has 1 aromatic heterocycles. The van der Waals surface area contributed by atoms with Crippen LogP contribution in [0.25, 0.3) is 0 Å². The van der Waals surface area contributed by atoms with Crippen LogP contribution in [0.2, 0.25) is 0 Å². The lowest BCUT2D eigenvalue weighted by Crippen LogP contribution is -2.55. The zero-order valence-corrected chi connectivity index (χ0v) is 29.6. The van der Waals surface area contributed by atoms with Crippen molar-refractivity contribution in [2.75, 3.05) is 39.6 Å². The van der Waals surface area contributed by atoms with Crippen molar-refractivity contribution in [3.05, 3.63) is 52.7 Å². The van der Waals surface area contributed by atoms with E-state index in [1.165, 1.54) is 5.56 Å². The molecule has 1 aromatic carbocycles. The summed E-state index contributed by atoms with van der Waals surface area (Å²) in [6.45, 7) is 16.8. The Bertz CT molecular complexity index is 1100. The largest absolute Gasteiger partial charge is 0.494 e. The molecule has 0 aliphatic heterocycles. The van der Waals surface area contributed by atoms with Crippen LogP contribution in [0, 0.1) is 6.92 Å². The van der Waals surface area contributed by atoms with E-state index in [-0.39, 0.29) is 18.3 Å². The fourth-order valence-electron chi connectivity index (χ4n) is 5.40. The molecule has 0 saturated heterocycles. The molecular weight excluding hydrogens is 580 g/mol. The van der Waals surface area contributed by atoms with Crippen molar-refractivity contribution in [2.24, 2.45) is 0 Å². The van der Waals surface area contributed by atoms with Gasteiger partial charge in [-0.05, 0) is 68.4 Å². The number of nitrogens with zero attached hydrogens (tertiary/aromatic N) is 1. The highest BCUT2D eigenvalue weighted by Crippen LogP contribution is 2.33. The quantitative estimate of drug-likeness (QED) is 0.0858. The Morgan fingerprint density at radius 1 is 0.696 bits per heavy atom. The van der Waals surface area contributed by atoms with Crippen molar-refractivity contribution in [1.29, 1.82) is 0 Å².